The number of H-pyrrole nitrogens is 1. The van der Waals surface area contributed by atoms with Gasteiger partial charge < -0.3 is 9.88 Å². The van der Waals surface area contributed by atoms with Crippen molar-refractivity contribution >= 4 is 11.0 Å². The van der Waals surface area contributed by atoms with Crippen molar-refractivity contribution in [2.45, 2.75) is 64.0 Å². The summed E-state index contributed by atoms with van der Waals surface area (Å²) < 4.78 is 2.05. The predicted octanol–water partition coefficient (Wildman–Crippen LogP) is 3.98. The number of benzene rings is 1. The summed E-state index contributed by atoms with van der Waals surface area (Å²) in [6, 6.07) is 8.71. The zero-order valence-electron chi connectivity index (χ0n) is 17.5. The molecular weight excluding hydrogens is 360 g/mol. The van der Waals surface area contributed by atoms with E-state index in [9.17, 15) is 4.79 Å². The minimum atomic E-state index is 0.0925. The van der Waals surface area contributed by atoms with E-state index in [2.05, 4.69) is 48.2 Å². The van der Waals surface area contributed by atoms with Crippen molar-refractivity contribution in [3.63, 3.8) is 0 Å². The van der Waals surface area contributed by atoms with Crippen LogP contribution >= 0.6 is 0 Å². The maximum atomic E-state index is 12.8. The SMILES string of the molecule is CN(C)Cc1cccc(Cn2nc(C3CCC3)c3c4c(c(=O)[nH]c32)CCCC4)c1. The summed E-state index contributed by atoms with van der Waals surface area (Å²) in [4.78, 5) is 18.2. The summed E-state index contributed by atoms with van der Waals surface area (Å²) >= 11 is 0. The molecule has 0 spiro atoms. The van der Waals surface area contributed by atoms with E-state index in [1.54, 1.807) is 0 Å². The maximum absolute atomic E-state index is 12.8. The molecule has 0 unspecified atom stereocenters. The Morgan fingerprint density at radius 3 is 2.59 bits per heavy atom. The second-order valence-corrected chi connectivity index (χ2v) is 9.07. The lowest BCUT2D eigenvalue weighted by atomic mass is 9.80. The molecular formula is C24H30N4O. The molecule has 2 aliphatic rings. The van der Waals surface area contributed by atoms with E-state index in [4.69, 9.17) is 5.10 Å². The Morgan fingerprint density at radius 1 is 1.10 bits per heavy atom. The topological polar surface area (TPSA) is 53.9 Å². The summed E-state index contributed by atoms with van der Waals surface area (Å²) in [6.45, 7) is 1.62. The van der Waals surface area contributed by atoms with E-state index < -0.39 is 0 Å². The van der Waals surface area contributed by atoms with Gasteiger partial charge in [0.15, 0.2) is 0 Å². The first kappa shape index (κ1) is 18.6. The molecule has 1 saturated carbocycles. The molecule has 2 aromatic heterocycles. The van der Waals surface area contributed by atoms with Gasteiger partial charge in [-0.15, -0.1) is 0 Å². The summed E-state index contributed by atoms with van der Waals surface area (Å²) in [7, 11) is 4.18. The van der Waals surface area contributed by atoms with Crippen molar-refractivity contribution in [3.8, 4) is 0 Å². The molecule has 152 valence electrons. The van der Waals surface area contributed by atoms with Crippen LogP contribution in [-0.2, 0) is 25.9 Å². The lowest BCUT2D eigenvalue weighted by Gasteiger charge is -2.25. The van der Waals surface area contributed by atoms with E-state index in [1.807, 2.05) is 4.68 Å². The van der Waals surface area contributed by atoms with Crippen molar-refractivity contribution in [1.29, 1.82) is 0 Å². The van der Waals surface area contributed by atoms with Crippen LogP contribution in [-0.4, -0.2) is 33.8 Å². The van der Waals surface area contributed by atoms with Gasteiger partial charge in [0, 0.05) is 23.4 Å². The third-order valence-corrected chi connectivity index (χ3v) is 6.57. The number of hydrogen-bond donors (Lipinski definition) is 1. The minimum Gasteiger partial charge on any atom is -0.307 e. The molecule has 0 aliphatic heterocycles. The summed E-state index contributed by atoms with van der Waals surface area (Å²) in [5, 5.41) is 6.34. The average Bonchev–Trinajstić information content (AvgIpc) is 2.98. The Hall–Kier alpha value is -2.40. The number of nitrogens with zero attached hydrogens (tertiary/aromatic N) is 3. The van der Waals surface area contributed by atoms with Crippen molar-refractivity contribution < 1.29 is 0 Å². The Kier molecular flexibility index (Phi) is 4.78. The van der Waals surface area contributed by atoms with Gasteiger partial charge in [0.2, 0.25) is 0 Å². The number of aryl methyl sites for hydroxylation is 1. The van der Waals surface area contributed by atoms with Crippen LogP contribution in [0.15, 0.2) is 29.1 Å². The normalized spacial score (nSPS) is 16.9. The van der Waals surface area contributed by atoms with Crippen molar-refractivity contribution in [3.05, 3.63) is 62.6 Å². The summed E-state index contributed by atoms with van der Waals surface area (Å²) in [5.41, 5.74) is 7.07. The molecule has 5 rings (SSSR count). The van der Waals surface area contributed by atoms with Crippen LogP contribution in [0.4, 0.5) is 0 Å². The summed E-state index contributed by atoms with van der Waals surface area (Å²) in [5.74, 6) is 0.552. The zero-order valence-corrected chi connectivity index (χ0v) is 17.5. The van der Waals surface area contributed by atoms with Crippen molar-refractivity contribution in [2.75, 3.05) is 14.1 Å². The van der Waals surface area contributed by atoms with Crippen LogP contribution in [0.5, 0.6) is 0 Å². The number of nitrogens with one attached hydrogen (secondary N) is 1. The fraction of sp³-hybridized carbons (Fsp3) is 0.500. The first-order valence-corrected chi connectivity index (χ1v) is 11.0. The molecule has 2 aliphatic carbocycles. The van der Waals surface area contributed by atoms with Gasteiger partial charge >= 0.3 is 0 Å². The van der Waals surface area contributed by atoms with Gasteiger partial charge in [-0.3, -0.25) is 4.79 Å². The monoisotopic (exact) mass is 390 g/mol. The van der Waals surface area contributed by atoms with Crippen LogP contribution in [0.3, 0.4) is 0 Å². The molecule has 1 fully saturated rings. The van der Waals surface area contributed by atoms with E-state index in [1.165, 1.54) is 53.5 Å². The van der Waals surface area contributed by atoms with Gasteiger partial charge in [-0.25, -0.2) is 4.68 Å². The van der Waals surface area contributed by atoms with E-state index >= 15 is 0 Å². The fourth-order valence-corrected chi connectivity index (χ4v) is 4.97. The average molecular weight is 391 g/mol. The number of aromatic amines is 1. The van der Waals surface area contributed by atoms with Gasteiger partial charge in [-0.05, 0) is 69.3 Å². The fourth-order valence-electron chi connectivity index (χ4n) is 4.97. The zero-order chi connectivity index (χ0) is 20.0. The van der Waals surface area contributed by atoms with Crippen molar-refractivity contribution in [2.24, 2.45) is 0 Å². The molecule has 0 saturated heterocycles. The Bertz CT molecular complexity index is 1100. The number of fused-ring (bicyclic) bond motifs is 3. The van der Waals surface area contributed by atoms with Crippen LogP contribution in [0.1, 0.15) is 66.0 Å². The molecule has 0 amide bonds. The highest BCUT2D eigenvalue weighted by molar-refractivity contribution is 5.84. The van der Waals surface area contributed by atoms with Crippen LogP contribution in [0, 0.1) is 0 Å². The Labute approximate surface area is 171 Å². The largest absolute Gasteiger partial charge is 0.307 e. The highest BCUT2D eigenvalue weighted by Crippen LogP contribution is 2.41. The highest BCUT2D eigenvalue weighted by atomic mass is 16.1. The van der Waals surface area contributed by atoms with Gasteiger partial charge in [-0.2, -0.15) is 5.10 Å². The number of pyridine rings is 1. The standard InChI is InChI=1S/C24H30N4O/c1-27(2)14-16-7-5-8-17(13-16)15-28-23-21(22(26-28)18-9-6-10-18)19-11-3-4-12-20(19)24(29)25-23/h5,7-8,13,18H,3-4,6,9-12,14-15H2,1-2H3,(H,25,29). The third-order valence-electron chi connectivity index (χ3n) is 6.57. The molecule has 5 heteroatoms. The predicted molar refractivity (Wildman–Crippen MR) is 117 cm³/mol. The Morgan fingerprint density at radius 2 is 1.86 bits per heavy atom. The van der Waals surface area contributed by atoms with Crippen LogP contribution < -0.4 is 5.56 Å². The smallest absolute Gasteiger partial charge is 0.253 e. The maximum Gasteiger partial charge on any atom is 0.253 e. The first-order chi connectivity index (χ1) is 14.1. The van der Waals surface area contributed by atoms with Gasteiger partial charge in [0.05, 0.1) is 12.2 Å². The highest BCUT2D eigenvalue weighted by Gasteiger charge is 2.29. The molecule has 2 heterocycles. The van der Waals surface area contributed by atoms with Crippen LogP contribution in [0.2, 0.25) is 0 Å². The lowest BCUT2D eigenvalue weighted by Crippen LogP contribution is -2.20. The molecule has 3 aromatic rings. The number of aromatic nitrogens is 3. The van der Waals surface area contributed by atoms with E-state index in [0.717, 1.165) is 37.0 Å². The minimum absolute atomic E-state index is 0.0925. The quantitative estimate of drug-likeness (QED) is 0.717. The molecule has 1 aromatic carbocycles. The molecule has 1 N–H and O–H groups in total. The van der Waals surface area contributed by atoms with E-state index in [0.29, 0.717) is 12.5 Å². The molecule has 0 radical (unpaired) electrons. The molecule has 0 bridgehead atoms. The number of rotatable bonds is 5. The second-order valence-electron chi connectivity index (χ2n) is 9.07. The first-order valence-electron chi connectivity index (χ1n) is 11.0. The second kappa shape index (κ2) is 7.45. The van der Waals surface area contributed by atoms with E-state index in [-0.39, 0.29) is 5.56 Å². The molecule has 5 nitrogen and oxygen atoms in total. The molecule has 0 atom stereocenters. The lowest BCUT2D eigenvalue weighted by molar-refractivity contribution is 0.402. The van der Waals surface area contributed by atoms with Gasteiger partial charge in [0.1, 0.15) is 5.65 Å². The van der Waals surface area contributed by atoms with Crippen molar-refractivity contribution in [1.82, 2.24) is 19.7 Å². The third kappa shape index (κ3) is 3.42. The van der Waals surface area contributed by atoms with Gasteiger partial charge in [0.25, 0.3) is 5.56 Å². The number of hydrogen-bond acceptors (Lipinski definition) is 3. The summed E-state index contributed by atoms with van der Waals surface area (Å²) in [6.07, 6.45) is 7.94. The Balaban J connectivity index is 1.61. The van der Waals surface area contributed by atoms with Crippen LogP contribution in [0.25, 0.3) is 11.0 Å². The van der Waals surface area contributed by atoms with Gasteiger partial charge in [-0.1, -0.05) is 30.7 Å². The molecule has 29 heavy (non-hydrogen) atoms.